The molecule has 1 aliphatic rings. The minimum atomic E-state index is -0.536. The first-order chi connectivity index (χ1) is 10.1. The zero-order valence-electron chi connectivity index (χ0n) is 12.3. The molecule has 1 aromatic rings. The van der Waals surface area contributed by atoms with Crippen molar-refractivity contribution in [2.75, 3.05) is 19.7 Å². The van der Waals surface area contributed by atoms with Gasteiger partial charge in [0.1, 0.15) is 6.04 Å². The number of benzene rings is 1. The van der Waals surface area contributed by atoms with Gasteiger partial charge in [0.2, 0.25) is 5.91 Å². The van der Waals surface area contributed by atoms with Crippen LogP contribution < -0.4 is 5.32 Å². The van der Waals surface area contributed by atoms with Crippen LogP contribution in [0.1, 0.15) is 30.1 Å². The molecule has 2 rings (SSSR count). The van der Waals surface area contributed by atoms with Crippen molar-refractivity contribution in [1.82, 2.24) is 10.2 Å². The lowest BCUT2D eigenvalue weighted by Gasteiger charge is -2.21. The zero-order chi connectivity index (χ0) is 15.2. The fourth-order valence-electron chi connectivity index (χ4n) is 2.66. The van der Waals surface area contributed by atoms with Crippen LogP contribution in [0.5, 0.6) is 0 Å². The Labute approximate surface area is 125 Å². The maximum absolute atomic E-state index is 12.3. The van der Waals surface area contributed by atoms with Gasteiger partial charge in [-0.2, -0.15) is 0 Å². The van der Waals surface area contributed by atoms with E-state index in [-0.39, 0.29) is 18.4 Å². The third-order valence-electron chi connectivity index (χ3n) is 3.89. The molecular weight excluding hydrogens is 268 g/mol. The first-order valence-electron chi connectivity index (χ1n) is 7.37. The summed E-state index contributed by atoms with van der Waals surface area (Å²) in [5.74, 6) is 0.0817. The van der Waals surface area contributed by atoms with Crippen LogP contribution in [0.2, 0.25) is 0 Å². The Morgan fingerprint density at radius 1 is 1.38 bits per heavy atom. The molecule has 2 unspecified atom stereocenters. The monoisotopic (exact) mass is 290 g/mol. The second kappa shape index (κ2) is 7.22. The smallest absolute Gasteiger partial charge is 0.251 e. The Kier molecular flexibility index (Phi) is 5.33. The van der Waals surface area contributed by atoms with E-state index in [4.69, 9.17) is 5.11 Å². The topological polar surface area (TPSA) is 69.6 Å². The minimum absolute atomic E-state index is 0.0558. The fourth-order valence-corrected chi connectivity index (χ4v) is 2.66. The molecule has 114 valence electrons. The number of carbonyl (C=O) groups is 2. The molecule has 5 nitrogen and oxygen atoms in total. The van der Waals surface area contributed by atoms with Crippen molar-refractivity contribution in [2.24, 2.45) is 5.92 Å². The Balaban J connectivity index is 1.87. The summed E-state index contributed by atoms with van der Waals surface area (Å²) in [4.78, 5) is 26.1. The molecule has 2 amide bonds. The van der Waals surface area contributed by atoms with Gasteiger partial charge in [-0.1, -0.05) is 18.2 Å². The summed E-state index contributed by atoms with van der Waals surface area (Å²) in [6.45, 7) is 3.25. The van der Waals surface area contributed by atoms with Crippen LogP contribution in [0.15, 0.2) is 30.3 Å². The molecule has 2 N–H and O–H groups in total. The molecule has 2 atom stereocenters. The Morgan fingerprint density at radius 2 is 2.10 bits per heavy atom. The molecule has 1 saturated heterocycles. The molecule has 21 heavy (non-hydrogen) atoms. The number of nitrogens with zero attached hydrogens (tertiary/aromatic N) is 1. The highest BCUT2D eigenvalue weighted by Crippen LogP contribution is 2.19. The first-order valence-corrected chi connectivity index (χ1v) is 7.37. The molecule has 5 heteroatoms. The lowest BCUT2D eigenvalue weighted by molar-refractivity contribution is -0.131. The SMILES string of the molecule is CC(NC(=O)c1ccccc1)C(=O)N1CCC(CCO)C1. The molecule has 0 aromatic heterocycles. The van der Waals surface area contributed by atoms with Crippen LogP contribution in [0, 0.1) is 5.92 Å². The van der Waals surface area contributed by atoms with Gasteiger partial charge >= 0.3 is 0 Å². The normalized spacial score (nSPS) is 19.3. The third kappa shape index (κ3) is 4.04. The van der Waals surface area contributed by atoms with Crippen LogP contribution in [0.4, 0.5) is 0 Å². The van der Waals surface area contributed by atoms with E-state index >= 15 is 0 Å². The van der Waals surface area contributed by atoms with Gasteiger partial charge in [-0.3, -0.25) is 9.59 Å². The summed E-state index contributed by atoms with van der Waals surface area (Å²) in [7, 11) is 0. The minimum Gasteiger partial charge on any atom is -0.396 e. The predicted octanol–water partition coefficient (Wildman–Crippen LogP) is 1.04. The molecular formula is C16H22N2O3. The van der Waals surface area contributed by atoms with Gasteiger partial charge in [-0.15, -0.1) is 0 Å². The molecule has 0 spiro atoms. The van der Waals surface area contributed by atoms with Gasteiger partial charge < -0.3 is 15.3 Å². The standard InChI is InChI=1S/C16H22N2O3/c1-12(17-15(20)14-5-3-2-4-6-14)16(21)18-9-7-13(11-18)8-10-19/h2-6,12-13,19H,7-11H2,1H3,(H,17,20). The molecule has 0 radical (unpaired) electrons. The van der Waals surface area contributed by atoms with E-state index in [0.29, 0.717) is 24.6 Å². The van der Waals surface area contributed by atoms with E-state index < -0.39 is 6.04 Å². The Hall–Kier alpha value is -1.88. The van der Waals surface area contributed by atoms with E-state index in [2.05, 4.69) is 5.32 Å². The summed E-state index contributed by atoms with van der Waals surface area (Å²) >= 11 is 0. The predicted molar refractivity (Wildman–Crippen MR) is 79.8 cm³/mol. The number of likely N-dealkylation sites (tertiary alicyclic amines) is 1. The van der Waals surface area contributed by atoms with Crippen LogP contribution in [-0.2, 0) is 4.79 Å². The van der Waals surface area contributed by atoms with Crippen LogP contribution in [0.25, 0.3) is 0 Å². The van der Waals surface area contributed by atoms with Gasteiger partial charge in [-0.05, 0) is 37.8 Å². The number of hydrogen-bond acceptors (Lipinski definition) is 3. The number of aliphatic hydroxyl groups excluding tert-OH is 1. The van der Waals surface area contributed by atoms with E-state index in [0.717, 1.165) is 12.8 Å². The summed E-state index contributed by atoms with van der Waals surface area (Å²) in [5.41, 5.74) is 0.553. The molecule has 1 aromatic carbocycles. The quantitative estimate of drug-likeness (QED) is 0.851. The number of aliphatic hydroxyl groups is 1. The lowest BCUT2D eigenvalue weighted by atomic mass is 10.1. The van der Waals surface area contributed by atoms with Crippen molar-refractivity contribution in [3.63, 3.8) is 0 Å². The molecule has 0 bridgehead atoms. The van der Waals surface area contributed by atoms with E-state index in [1.54, 1.807) is 36.1 Å². The maximum atomic E-state index is 12.3. The number of nitrogens with one attached hydrogen (secondary N) is 1. The summed E-state index contributed by atoms with van der Waals surface area (Å²) < 4.78 is 0. The summed E-state index contributed by atoms with van der Waals surface area (Å²) in [5, 5.41) is 11.7. The second-order valence-electron chi connectivity index (χ2n) is 5.51. The fraction of sp³-hybridized carbons (Fsp3) is 0.500. The van der Waals surface area contributed by atoms with Crippen molar-refractivity contribution in [3.8, 4) is 0 Å². The lowest BCUT2D eigenvalue weighted by Crippen LogP contribution is -2.46. The van der Waals surface area contributed by atoms with Gasteiger partial charge in [0.05, 0.1) is 0 Å². The van der Waals surface area contributed by atoms with Crippen LogP contribution >= 0.6 is 0 Å². The number of amides is 2. The van der Waals surface area contributed by atoms with Crippen molar-refractivity contribution in [2.45, 2.75) is 25.8 Å². The number of hydrogen-bond donors (Lipinski definition) is 2. The van der Waals surface area contributed by atoms with E-state index in [9.17, 15) is 9.59 Å². The largest absolute Gasteiger partial charge is 0.396 e. The van der Waals surface area contributed by atoms with Gasteiger partial charge in [-0.25, -0.2) is 0 Å². The van der Waals surface area contributed by atoms with Crippen molar-refractivity contribution >= 4 is 11.8 Å². The number of rotatable bonds is 5. The van der Waals surface area contributed by atoms with E-state index in [1.165, 1.54) is 0 Å². The summed E-state index contributed by atoms with van der Waals surface area (Å²) in [6, 6.07) is 8.34. The summed E-state index contributed by atoms with van der Waals surface area (Å²) in [6.07, 6.45) is 1.65. The molecule has 0 aliphatic carbocycles. The maximum Gasteiger partial charge on any atom is 0.251 e. The molecule has 1 heterocycles. The van der Waals surface area contributed by atoms with Crippen molar-refractivity contribution in [3.05, 3.63) is 35.9 Å². The first kappa shape index (κ1) is 15.5. The average molecular weight is 290 g/mol. The highest BCUT2D eigenvalue weighted by Gasteiger charge is 2.29. The van der Waals surface area contributed by atoms with Crippen LogP contribution in [0.3, 0.4) is 0 Å². The highest BCUT2D eigenvalue weighted by molar-refractivity contribution is 5.97. The Bertz CT molecular complexity index is 490. The molecule has 1 fully saturated rings. The second-order valence-corrected chi connectivity index (χ2v) is 5.51. The van der Waals surface area contributed by atoms with Crippen LogP contribution in [-0.4, -0.2) is 47.6 Å². The zero-order valence-corrected chi connectivity index (χ0v) is 12.3. The van der Waals surface area contributed by atoms with Crippen molar-refractivity contribution < 1.29 is 14.7 Å². The van der Waals surface area contributed by atoms with Gasteiger partial charge in [0.15, 0.2) is 0 Å². The van der Waals surface area contributed by atoms with E-state index in [1.807, 2.05) is 6.07 Å². The third-order valence-corrected chi connectivity index (χ3v) is 3.89. The molecule has 1 aliphatic heterocycles. The van der Waals surface area contributed by atoms with Gasteiger partial charge in [0.25, 0.3) is 5.91 Å². The number of carbonyl (C=O) groups excluding carboxylic acids is 2. The molecule has 0 saturated carbocycles. The Morgan fingerprint density at radius 3 is 2.76 bits per heavy atom. The highest BCUT2D eigenvalue weighted by atomic mass is 16.3. The van der Waals surface area contributed by atoms with Gasteiger partial charge in [0, 0.05) is 25.3 Å². The van der Waals surface area contributed by atoms with Crippen molar-refractivity contribution in [1.29, 1.82) is 0 Å². The average Bonchev–Trinajstić information content (AvgIpc) is 2.96.